The van der Waals surface area contributed by atoms with Crippen molar-refractivity contribution < 1.29 is 14.0 Å². The van der Waals surface area contributed by atoms with E-state index in [-0.39, 0.29) is 11.9 Å². The molecule has 0 aliphatic carbocycles. The quantitative estimate of drug-likeness (QED) is 0.783. The summed E-state index contributed by atoms with van der Waals surface area (Å²) in [6, 6.07) is 3.84. The smallest absolute Gasteiger partial charge is 0.282 e. The summed E-state index contributed by atoms with van der Waals surface area (Å²) in [6.07, 6.45) is 0. The van der Waals surface area contributed by atoms with Crippen molar-refractivity contribution >= 4 is 11.6 Å². The van der Waals surface area contributed by atoms with E-state index in [2.05, 4.69) is 26.1 Å². The molecule has 22 heavy (non-hydrogen) atoms. The number of hydrogen-bond donors (Lipinski definition) is 1. The molecule has 4 nitrogen and oxygen atoms in total. The Balaban J connectivity index is 3.02. The SMILES string of the molecule is CC[N+](CC)(CC)C(C)C(=O)Nc1c(C)cc(OC)cc1C. The molecule has 0 aliphatic rings. The molecule has 0 spiro atoms. The average molecular weight is 307 g/mol. The number of ether oxygens (including phenoxy) is 1. The normalized spacial score (nSPS) is 12.9. The molecule has 1 atom stereocenters. The lowest BCUT2D eigenvalue weighted by atomic mass is 10.1. The molecule has 0 bridgehead atoms. The number of carbonyl (C=O) groups excluding carboxylic acids is 1. The van der Waals surface area contributed by atoms with Crippen LogP contribution in [0.2, 0.25) is 0 Å². The predicted octanol–water partition coefficient (Wildman–Crippen LogP) is 3.52. The lowest BCUT2D eigenvalue weighted by Crippen LogP contribution is -2.58. The van der Waals surface area contributed by atoms with E-state index in [0.29, 0.717) is 0 Å². The maximum absolute atomic E-state index is 12.7. The van der Waals surface area contributed by atoms with Crippen LogP contribution in [-0.2, 0) is 4.79 Å². The van der Waals surface area contributed by atoms with Crippen LogP contribution in [0.5, 0.6) is 5.75 Å². The van der Waals surface area contributed by atoms with E-state index < -0.39 is 0 Å². The number of carbonyl (C=O) groups is 1. The first-order valence-corrected chi connectivity index (χ1v) is 8.17. The number of methoxy groups -OCH3 is 1. The second-order valence-electron chi connectivity index (χ2n) is 5.97. The number of likely N-dealkylation sites (N-methyl/N-ethyl adjacent to an activating group) is 1. The minimum atomic E-state index is -0.0686. The summed E-state index contributed by atoms with van der Waals surface area (Å²) in [6.45, 7) is 15.4. The molecule has 1 aromatic rings. The number of nitrogens with zero attached hydrogens (tertiary/aromatic N) is 1. The van der Waals surface area contributed by atoms with E-state index in [0.717, 1.165) is 46.7 Å². The van der Waals surface area contributed by atoms with Gasteiger partial charge in [0.25, 0.3) is 5.91 Å². The van der Waals surface area contributed by atoms with Gasteiger partial charge in [0.2, 0.25) is 0 Å². The first-order chi connectivity index (χ1) is 10.3. The topological polar surface area (TPSA) is 38.3 Å². The Labute approximate surface area is 135 Å². The number of aryl methyl sites for hydroxylation is 2. The van der Waals surface area contributed by atoms with Gasteiger partial charge in [0.05, 0.1) is 26.7 Å². The summed E-state index contributed by atoms with van der Waals surface area (Å²) < 4.78 is 6.08. The predicted molar refractivity (Wildman–Crippen MR) is 92.4 cm³/mol. The highest BCUT2D eigenvalue weighted by atomic mass is 16.5. The van der Waals surface area contributed by atoms with Gasteiger partial charge in [0, 0.05) is 5.69 Å². The van der Waals surface area contributed by atoms with E-state index in [4.69, 9.17) is 4.74 Å². The van der Waals surface area contributed by atoms with Crippen molar-refractivity contribution in [3.8, 4) is 5.75 Å². The van der Waals surface area contributed by atoms with Gasteiger partial charge in [-0.15, -0.1) is 0 Å². The van der Waals surface area contributed by atoms with Crippen molar-refractivity contribution in [3.63, 3.8) is 0 Å². The van der Waals surface area contributed by atoms with Gasteiger partial charge in [-0.2, -0.15) is 0 Å². The number of hydrogen-bond acceptors (Lipinski definition) is 2. The van der Waals surface area contributed by atoms with Crippen LogP contribution >= 0.6 is 0 Å². The minimum absolute atomic E-state index is 0.0686. The Kier molecular flexibility index (Phi) is 6.42. The fourth-order valence-electron chi connectivity index (χ4n) is 3.21. The second kappa shape index (κ2) is 7.63. The molecule has 1 amide bonds. The Morgan fingerprint density at radius 3 is 1.95 bits per heavy atom. The highest BCUT2D eigenvalue weighted by Gasteiger charge is 2.34. The summed E-state index contributed by atoms with van der Waals surface area (Å²) in [5, 5.41) is 3.13. The van der Waals surface area contributed by atoms with Crippen molar-refractivity contribution in [2.24, 2.45) is 0 Å². The molecule has 1 unspecified atom stereocenters. The summed E-state index contributed by atoms with van der Waals surface area (Å²) in [5.41, 5.74) is 2.96. The molecular formula is C18H31N2O2+. The maximum Gasteiger partial charge on any atom is 0.282 e. The molecular weight excluding hydrogens is 276 g/mol. The fraction of sp³-hybridized carbons (Fsp3) is 0.611. The van der Waals surface area contributed by atoms with Gasteiger partial charge in [-0.25, -0.2) is 0 Å². The number of quaternary nitrogens is 1. The third kappa shape index (κ3) is 3.61. The number of anilines is 1. The van der Waals surface area contributed by atoms with E-state index in [1.165, 1.54) is 0 Å². The maximum atomic E-state index is 12.7. The molecule has 0 heterocycles. The summed E-state index contributed by atoms with van der Waals surface area (Å²) in [5.74, 6) is 0.906. The van der Waals surface area contributed by atoms with Crippen molar-refractivity contribution in [1.82, 2.24) is 0 Å². The highest BCUT2D eigenvalue weighted by Crippen LogP contribution is 2.27. The Morgan fingerprint density at radius 1 is 1.14 bits per heavy atom. The molecule has 1 rings (SSSR count). The number of benzene rings is 1. The van der Waals surface area contributed by atoms with Gasteiger partial charge in [0.15, 0.2) is 6.04 Å². The molecule has 0 radical (unpaired) electrons. The molecule has 0 aromatic heterocycles. The molecule has 0 aliphatic heterocycles. The standard InChI is InChI=1S/C18H30N2O2/c1-8-20(9-2,10-3)15(6)18(21)19-17-13(4)11-16(22-7)12-14(17)5/h11-12,15H,8-10H2,1-7H3/p+1. The van der Waals surface area contributed by atoms with Crippen LogP contribution in [-0.4, -0.2) is 43.2 Å². The molecule has 0 saturated heterocycles. The van der Waals surface area contributed by atoms with Gasteiger partial charge in [-0.05, 0) is 64.8 Å². The molecule has 0 fully saturated rings. The van der Waals surface area contributed by atoms with Crippen molar-refractivity contribution in [3.05, 3.63) is 23.3 Å². The van der Waals surface area contributed by atoms with E-state index in [9.17, 15) is 4.79 Å². The molecule has 0 saturated carbocycles. The first kappa shape index (κ1) is 18.5. The number of amides is 1. The zero-order chi connectivity index (χ0) is 16.9. The van der Waals surface area contributed by atoms with Crippen molar-refractivity contribution in [1.29, 1.82) is 0 Å². The van der Waals surface area contributed by atoms with Gasteiger partial charge in [-0.3, -0.25) is 4.79 Å². The summed E-state index contributed by atoms with van der Waals surface area (Å²) >= 11 is 0. The first-order valence-electron chi connectivity index (χ1n) is 8.17. The van der Waals surface area contributed by atoms with E-state index >= 15 is 0 Å². The number of rotatable bonds is 7. The molecule has 124 valence electrons. The van der Waals surface area contributed by atoms with Crippen LogP contribution in [0.1, 0.15) is 38.8 Å². The lowest BCUT2D eigenvalue weighted by molar-refractivity contribution is -0.936. The second-order valence-corrected chi connectivity index (χ2v) is 5.97. The van der Waals surface area contributed by atoms with Crippen LogP contribution < -0.4 is 10.1 Å². The fourth-order valence-corrected chi connectivity index (χ4v) is 3.21. The van der Waals surface area contributed by atoms with E-state index in [1.54, 1.807) is 7.11 Å². The zero-order valence-electron chi connectivity index (χ0n) is 15.1. The number of nitrogens with one attached hydrogen (secondary N) is 1. The average Bonchev–Trinajstić information content (AvgIpc) is 2.52. The Morgan fingerprint density at radius 2 is 1.59 bits per heavy atom. The summed E-state index contributed by atoms with van der Waals surface area (Å²) in [7, 11) is 1.66. The van der Waals surface area contributed by atoms with Crippen LogP contribution in [0.3, 0.4) is 0 Å². The highest BCUT2D eigenvalue weighted by molar-refractivity contribution is 5.95. The third-order valence-corrected chi connectivity index (χ3v) is 5.08. The van der Waals surface area contributed by atoms with Gasteiger partial charge < -0.3 is 14.5 Å². The van der Waals surface area contributed by atoms with Crippen molar-refractivity contribution in [2.45, 2.75) is 47.6 Å². The monoisotopic (exact) mass is 307 g/mol. The molecule has 4 heteroatoms. The van der Waals surface area contributed by atoms with Gasteiger partial charge >= 0.3 is 0 Å². The molecule has 1 aromatic carbocycles. The third-order valence-electron chi connectivity index (χ3n) is 5.08. The Bertz CT molecular complexity index is 491. The molecule has 1 N–H and O–H groups in total. The minimum Gasteiger partial charge on any atom is -0.497 e. The van der Waals surface area contributed by atoms with E-state index in [1.807, 2.05) is 32.9 Å². The summed E-state index contributed by atoms with van der Waals surface area (Å²) in [4.78, 5) is 12.7. The van der Waals surface area contributed by atoms with Crippen LogP contribution in [0, 0.1) is 13.8 Å². The van der Waals surface area contributed by atoms with Crippen LogP contribution in [0.4, 0.5) is 5.69 Å². The van der Waals surface area contributed by atoms with Crippen LogP contribution in [0.15, 0.2) is 12.1 Å². The Hall–Kier alpha value is -1.55. The lowest BCUT2D eigenvalue weighted by Gasteiger charge is -2.40. The zero-order valence-corrected chi connectivity index (χ0v) is 15.1. The van der Waals surface area contributed by atoms with Crippen LogP contribution in [0.25, 0.3) is 0 Å². The van der Waals surface area contributed by atoms with Gasteiger partial charge in [0.1, 0.15) is 5.75 Å². The van der Waals surface area contributed by atoms with Crippen molar-refractivity contribution in [2.75, 3.05) is 32.1 Å². The van der Waals surface area contributed by atoms with Gasteiger partial charge in [-0.1, -0.05) is 0 Å². The largest absolute Gasteiger partial charge is 0.497 e.